The molecule has 2 rings (SSSR count). The summed E-state index contributed by atoms with van der Waals surface area (Å²) in [6, 6.07) is 6.67. The van der Waals surface area contributed by atoms with Gasteiger partial charge in [-0.1, -0.05) is 6.07 Å². The van der Waals surface area contributed by atoms with Crippen LogP contribution in [0.15, 0.2) is 36.5 Å². The molecule has 0 bridgehead atoms. The molecule has 0 aromatic carbocycles. The van der Waals surface area contributed by atoms with Gasteiger partial charge < -0.3 is 5.73 Å². The number of rotatable bonds is 1. The summed E-state index contributed by atoms with van der Waals surface area (Å²) in [7, 11) is 0. The highest BCUT2D eigenvalue weighted by molar-refractivity contribution is 5.61. The standard InChI is InChI=1S/C11H8F3N3/c12-11(13,14)7-3-2-6-16-10(7)8-4-1-5-9(15)17-8/h1-6H,(H2,15,17). The molecule has 6 heteroatoms. The van der Waals surface area contributed by atoms with Crippen LogP contribution in [-0.4, -0.2) is 9.97 Å². The number of halogens is 3. The lowest BCUT2D eigenvalue weighted by Crippen LogP contribution is -2.09. The van der Waals surface area contributed by atoms with Crippen molar-refractivity contribution in [3.8, 4) is 11.4 Å². The van der Waals surface area contributed by atoms with Gasteiger partial charge in [-0.05, 0) is 24.3 Å². The summed E-state index contributed by atoms with van der Waals surface area (Å²) in [6.45, 7) is 0. The van der Waals surface area contributed by atoms with E-state index in [0.717, 1.165) is 6.07 Å². The summed E-state index contributed by atoms with van der Waals surface area (Å²) < 4.78 is 38.2. The van der Waals surface area contributed by atoms with Crippen molar-refractivity contribution in [3.63, 3.8) is 0 Å². The van der Waals surface area contributed by atoms with Crippen LogP contribution in [0.2, 0.25) is 0 Å². The van der Waals surface area contributed by atoms with Crippen LogP contribution < -0.4 is 5.73 Å². The minimum absolute atomic E-state index is 0.109. The van der Waals surface area contributed by atoms with Gasteiger partial charge in [0.25, 0.3) is 0 Å². The predicted octanol–water partition coefficient (Wildman–Crippen LogP) is 2.74. The van der Waals surface area contributed by atoms with E-state index >= 15 is 0 Å². The smallest absolute Gasteiger partial charge is 0.384 e. The lowest BCUT2D eigenvalue weighted by Gasteiger charge is -2.11. The van der Waals surface area contributed by atoms with Gasteiger partial charge in [0.05, 0.1) is 11.3 Å². The Kier molecular flexibility index (Phi) is 2.71. The maximum Gasteiger partial charge on any atom is 0.418 e. The summed E-state index contributed by atoms with van der Waals surface area (Å²) in [5, 5.41) is 0. The first kappa shape index (κ1) is 11.4. The Hall–Kier alpha value is -2.11. The lowest BCUT2D eigenvalue weighted by atomic mass is 10.1. The molecule has 3 nitrogen and oxygen atoms in total. The Bertz CT molecular complexity index is 537. The minimum Gasteiger partial charge on any atom is -0.384 e. The van der Waals surface area contributed by atoms with Gasteiger partial charge >= 0.3 is 6.18 Å². The highest BCUT2D eigenvalue weighted by Crippen LogP contribution is 2.34. The molecule has 17 heavy (non-hydrogen) atoms. The van der Waals surface area contributed by atoms with E-state index in [4.69, 9.17) is 5.73 Å². The molecule has 0 atom stereocenters. The van der Waals surface area contributed by atoms with Crippen molar-refractivity contribution in [1.29, 1.82) is 0 Å². The minimum atomic E-state index is -4.46. The van der Waals surface area contributed by atoms with Crippen molar-refractivity contribution >= 4 is 5.82 Å². The Balaban J connectivity index is 2.60. The molecule has 0 saturated heterocycles. The Morgan fingerprint density at radius 1 is 1.06 bits per heavy atom. The second kappa shape index (κ2) is 4.04. The van der Waals surface area contributed by atoms with Crippen LogP contribution in [-0.2, 0) is 6.18 Å². The van der Waals surface area contributed by atoms with Crippen LogP contribution in [0.25, 0.3) is 11.4 Å². The van der Waals surface area contributed by atoms with Crippen molar-refractivity contribution < 1.29 is 13.2 Å². The third-order valence-corrected chi connectivity index (χ3v) is 2.13. The van der Waals surface area contributed by atoms with Crippen molar-refractivity contribution in [2.75, 3.05) is 5.73 Å². The average Bonchev–Trinajstić information content (AvgIpc) is 2.28. The Morgan fingerprint density at radius 2 is 1.82 bits per heavy atom. The quantitative estimate of drug-likeness (QED) is 0.832. The normalized spacial score (nSPS) is 11.5. The summed E-state index contributed by atoms with van der Waals surface area (Å²) in [5.41, 5.74) is 4.51. The fraction of sp³-hybridized carbons (Fsp3) is 0.0909. The predicted molar refractivity (Wildman–Crippen MR) is 56.9 cm³/mol. The summed E-state index contributed by atoms with van der Waals surface area (Å²) in [4.78, 5) is 7.55. The summed E-state index contributed by atoms with van der Waals surface area (Å²) >= 11 is 0. The molecule has 2 aromatic rings. The second-order valence-electron chi connectivity index (χ2n) is 3.35. The molecule has 0 aliphatic carbocycles. The molecule has 0 unspecified atom stereocenters. The summed E-state index contributed by atoms with van der Waals surface area (Å²) in [6.07, 6.45) is -3.18. The Labute approximate surface area is 95.1 Å². The van der Waals surface area contributed by atoms with Crippen molar-refractivity contribution in [3.05, 3.63) is 42.1 Å². The second-order valence-corrected chi connectivity index (χ2v) is 3.35. The van der Waals surface area contributed by atoms with Gasteiger partial charge in [-0.3, -0.25) is 4.98 Å². The molecular weight excluding hydrogens is 231 g/mol. The molecule has 2 heterocycles. The van der Waals surface area contributed by atoms with Gasteiger partial charge in [-0.15, -0.1) is 0 Å². The number of nitrogens with zero attached hydrogens (tertiary/aromatic N) is 2. The molecule has 0 amide bonds. The number of hydrogen-bond acceptors (Lipinski definition) is 3. The third kappa shape index (κ3) is 2.35. The molecule has 2 aromatic heterocycles. The van der Waals surface area contributed by atoms with E-state index in [1.165, 1.54) is 30.5 Å². The maximum absolute atomic E-state index is 12.7. The monoisotopic (exact) mass is 239 g/mol. The third-order valence-electron chi connectivity index (χ3n) is 2.13. The van der Waals surface area contributed by atoms with Gasteiger partial charge in [0.2, 0.25) is 0 Å². The number of nitrogen functional groups attached to an aromatic ring is 1. The molecule has 88 valence electrons. The van der Waals surface area contributed by atoms with E-state index in [-0.39, 0.29) is 17.2 Å². The number of pyridine rings is 2. The molecule has 0 aliphatic rings. The van der Waals surface area contributed by atoms with Gasteiger partial charge in [0.1, 0.15) is 11.5 Å². The van der Waals surface area contributed by atoms with Crippen molar-refractivity contribution in [2.45, 2.75) is 6.18 Å². The molecule has 0 spiro atoms. The van der Waals surface area contributed by atoms with E-state index in [0.29, 0.717) is 0 Å². The highest BCUT2D eigenvalue weighted by Gasteiger charge is 2.34. The average molecular weight is 239 g/mol. The molecular formula is C11H8F3N3. The fourth-order valence-corrected chi connectivity index (χ4v) is 1.42. The fourth-order valence-electron chi connectivity index (χ4n) is 1.42. The first-order chi connectivity index (χ1) is 7.98. The van der Waals surface area contributed by atoms with Gasteiger partial charge in [-0.2, -0.15) is 13.2 Å². The molecule has 2 N–H and O–H groups in total. The number of alkyl halides is 3. The van der Waals surface area contributed by atoms with Crippen LogP contribution in [0.5, 0.6) is 0 Å². The van der Waals surface area contributed by atoms with Crippen molar-refractivity contribution in [2.24, 2.45) is 0 Å². The topological polar surface area (TPSA) is 51.8 Å². The molecule has 0 fully saturated rings. The van der Waals surface area contributed by atoms with Crippen LogP contribution in [0, 0.1) is 0 Å². The van der Waals surface area contributed by atoms with E-state index < -0.39 is 11.7 Å². The van der Waals surface area contributed by atoms with E-state index in [2.05, 4.69) is 9.97 Å². The lowest BCUT2D eigenvalue weighted by molar-refractivity contribution is -0.137. The number of aromatic nitrogens is 2. The van der Waals surface area contributed by atoms with Gasteiger partial charge in [0, 0.05) is 6.20 Å². The molecule has 0 aliphatic heterocycles. The zero-order valence-corrected chi connectivity index (χ0v) is 8.57. The zero-order valence-electron chi connectivity index (χ0n) is 8.57. The van der Waals surface area contributed by atoms with E-state index in [1.807, 2.05) is 0 Å². The first-order valence-corrected chi connectivity index (χ1v) is 4.73. The largest absolute Gasteiger partial charge is 0.418 e. The highest BCUT2D eigenvalue weighted by atomic mass is 19.4. The molecule has 0 radical (unpaired) electrons. The van der Waals surface area contributed by atoms with Crippen molar-refractivity contribution in [1.82, 2.24) is 9.97 Å². The SMILES string of the molecule is Nc1cccc(-c2ncccc2C(F)(F)F)n1. The van der Waals surface area contributed by atoms with E-state index in [1.54, 1.807) is 0 Å². The maximum atomic E-state index is 12.7. The van der Waals surface area contributed by atoms with E-state index in [9.17, 15) is 13.2 Å². The van der Waals surface area contributed by atoms with Crippen LogP contribution in [0.3, 0.4) is 0 Å². The summed E-state index contributed by atoms with van der Waals surface area (Å²) in [5.74, 6) is 0.154. The van der Waals surface area contributed by atoms with Crippen LogP contribution in [0.1, 0.15) is 5.56 Å². The number of hydrogen-bond donors (Lipinski definition) is 1. The van der Waals surface area contributed by atoms with Gasteiger partial charge in [-0.25, -0.2) is 4.98 Å². The zero-order chi connectivity index (χ0) is 12.5. The van der Waals surface area contributed by atoms with Gasteiger partial charge in [0.15, 0.2) is 0 Å². The Morgan fingerprint density at radius 3 is 2.47 bits per heavy atom. The first-order valence-electron chi connectivity index (χ1n) is 4.73. The number of anilines is 1. The van der Waals surface area contributed by atoms with Crippen LogP contribution >= 0.6 is 0 Å². The molecule has 0 saturated carbocycles. The van der Waals surface area contributed by atoms with Crippen LogP contribution in [0.4, 0.5) is 19.0 Å². The number of nitrogens with two attached hydrogens (primary N) is 1.